The van der Waals surface area contributed by atoms with Gasteiger partial charge in [-0.25, -0.2) is 4.79 Å². The highest BCUT2D eigenvalue weighted by Gasteiger charge is 2.20. The fourth-order valence-electron chi connectivity index (χ4n) is 2.17. The first kappa shape index (κ1) is 12.7. The zero-order chi connectivity index (χ0) is 12.0. The van der Waals surface area contributed by atoms with Gasteiger partial charge < -0.3 is 10.4 Å². The van der Waals surface area contributed by atoms with Gasteiger partial charge in [0.15, 0.2) is 0 Å². The second kappa shape index (κ2) is 6.30. The third-order valence-electron chi connectivity index (χ3n) is 3.10. The molecule has 0 aliphatic heterocycles. The molecule has 1 fully saturated rings. The highest BCUT2D eigenvalue weighted by atomic mass is 16.4. The van der Waals surface area contributed by atoms with Gasteiger partial charge in [-0.2, -0.15) is 0 Å². The zero-order valence-electron chi connectivity index (χ0n) is 9.61. The molecule has 0 aromatic rings. The first-order chi connectivity index (χ1) is 7.59. The second-order valence-electron chi connectivity index (χ2n) is 4.37. The van der Waals surface area contributed by atoms with Crippen LogP contribution in [0.2, 0.25) is 0 Å². The maximum atomic E-state index is 11.3. The van der Waals surface area contributed by atoms with Gasteiger partial charge in [-0.3, -0.25) is 4.79 Å². The summed E-state index contributed by atoms with van der Waals surface area (Å²) in [7, 11) is 0. The molecule has 90 valence electrons. The summed E-state index contributed by atoms with van der Waals surface area (Å²) in [5.41, 5.74) is 0. The molecule has 0 saturated heterocycles. The van der Waals surface area contributed by atoms with E-state index in [0.717, 1.165) is 25.0 Å². The summed E-state index contributed by atoms with van der Waals surface area (Å²) in [6.45, 7) is 1.99. The van der Waals surface area contributed by atoms with Crippen LogP contribution in [0.1, 0.15) is 39.0 Å². The minimum Gasteiger partial charge on any atom is -0.478 e. The van der Waals surface area contributed by atoms with Gasteiger partial charge in [0, 0.05) is 18.2 Å². The van der Waals surface area contributed by atoms with Crippen LogP contribution in [0.5, 0.6) is 0 Å². The van der Waals surface area contributed by atoms with E-state index >= 15 is 0 Å². The Labute approximate surface area is 95.7 Å². The van der Waals surface area contributed by atoms with E-state index in [-0.39, 0.29) is 11.9 Å². The standard InChI is InChI=1S/C12H19NO3/c1-9(10-5-3-2-4-6-10)13-11(14)7-8-12(15)16/h7-10H,2-6H2,1H3,(H,13,14)(H,15,16). The van der Waals surface area contributed by atoms with Crippen molar-refractivity contribution >= 4 is 11.9 Å². The first-order valence-electron chi connectivity index (χ1n) is 5.81. The number of aliphatic carboxylic acids is 1. The molecule has 0 aromatic heterocycles. The molecule has 1 aliphatic rings. The quantitative estimate of drug-likeness (QED) is 0.716. The molecule has 16 heavy (non-hydrogen) atoms. The third kappa shape index (κ3) is 4.47. The molecule has 0 bridgehead atoms. The highest BCUT2D eigenvalue weighted by molar-refractivity contribution is 5.93. The molecule has 4 nitrogen and oxygen atoms in total. The molecule has 0 spiro atoms. The van der Waals surface area contributed by atoms with Crippen molar-refractivity contribution in [3.05, 3.63) is 12.2 Å². The van der Waals surface area contributed by atoms with Gasteiger partial charge in [0.25, 0.3) is 0 Å². The summed E-state index contributed by atoms with van der Waals surface area (Å²) in [5, 5.41) is 11.2. The van der Waals surface area contributed by atoms with Crippen molar-refractivity contribution in [3.8, 4) is 0 Å². The van der Waals surface area contributed by atoms with Crippen LogP contribution >= 0.6 is 0 Å². The number of hydrogen-bond acceptors (Lipinski definition) is 2. The molecule has 1 atom stereocenters. The number of carbonyl (C=O) groups is 2. The lowest BCUT2D eigenvalue weighted by molar-refractivity contribution is -0.131. The van der Waals surface area contributed by atoms with Gasteiger partial charge >= 0.3 is 5.97 Å². The Morgan fingerprint density at radius 3 is 2.44 bits per heavy atom. The molecule has 0 radical (unpaired) electrons. The molecule has 1 rings (SSSR count). The maximum absolute atomic E-state index is 11.3. The number of rotatable bonds is 4. The van der Waals surface area contributed by atoms with Crippen LogP contribution in [-0.4, -0.2) is 23.0 Å². The molecular weight excluding hydrogens is 206 g/mol. The van der Waals surface area contributed by atoms with Crippen LogP contribution in [-0.2, 0) is 9.59 Å². The predicted octanol–water partition coefficient (Wildman–Crippen LogP) is 1.71. The number of nitrogens with one attached hydrogen (secondary N) is 1. The van der Waals surface area contributed by atoms with Gasteiger partial charge in [-0.1, -0.05) is 19.3 Å². The van der Waals surface area contributed by atoms with Crippen molar-refractivity contribution in [2.24, 2.45) is 5.92 Å². The summed E-state index contributed by atoms with van der Waals surface area (Å²) < 4.78 is 0. The summed E-state index contributed by atoms with van der Waals surface area (Å²) in [4.78, 5) is 21.6. The summed E-state index contributed by atoms with van der Waals surface area (Å²) in [5.74, 6) is -0.878. The Kier molecular flexibility index (Phi) is 5.02. The van der Waals surface area contributed by atoms with Crippen molar-refractivity contribution in [2.75, 3.05) is 0 Å². The zero-order valence-corrected chi connectivity index (χ0v) is 9.61. The average Bonchev–Trinajstić information content (AvgIpc) is 2.27. The lowest BCUT2D eigenvalue weighted by atomic mass is 9.84. The van der Waals surface area contributed by atoms with Crippen LogP contribution in [0.25, 0.3) is 0 Å². The van der Waals surface area contributed by atoms with Crippen LogP contribution in [0, 0.1) is 5.92 Å². The molecular formula is C12H19NO3. The maximum Gasteiger partial charge on any atom is 0.328 e. The number of carbonyl (C=O) groups excluding carboxylic acids is 1. The number of hydrogen-bond donors (Lipinski definition) is 2. The lowest BCUT2D eigenvalue weighted by Gasteiger charge is -2.27. The Morgan fingerprint density at radius 2 is 1.88 bits per heavy atom. The van der Waals surface area contributed by atoms with E-state index in [1.165, 1.54) is 19.3 Å². The third-order valence-corrected chi connectivity index (χ3v) is 3.10. The fraction of sp³-hybridized carbons (Fsp3) is 0.667. The van der Waals surface area contributed by atoms with Crippen molar-refractivity contribution in [1.29, 1.82) is 0 Å². The van der Waals surface area contributed by atoms with Gasteiger partial charge in [-0.15, -0.1) is 0 Å². The molecule has 1 unspecified atom stereocenters. The van der Waals surface area contributed by atoms with Gasteiger partial charge in [0.2, 0.25) is 5.91 Å². The van der Waals surface area contributed by atoms with E-state index in [9.17, 15) is 9.59 Å². The van der Waals surface area contributed by atoms with Crippen LogP contribution in [0.15, 0.2) is 12.2 Å². The van der Waals surface area contributed by atoms with Crippen molar-refractivity contribution in [1.82, 2.24) is 5.32 Å². The monoisotopic (exact) mass is 225 g/mol. The first-order valence-corrected chi connectivity index (χ1v) is 5.81. The molecule has 0 heterocycles. The predicted molar refractivity (Wildman–Crippen MR) is 61.0 cm³/mol. The Bertz CT molecular complexity index is 280. The van der Waals surface area contributed by atoms with Gasteiger partial charge in [0.05, 0.1) is 0 Å². The fourth-order valence-corrected chi connectivity index (χ4v) is 2.17. The van der Waals surface area contributed by atoms with Crippen molar-refractivity contribution < 1.29 is 14.7 Å². The van der Waals surface area contributed by atoms with Gasteiger partial charge in [0.1, 0.15) is 0 Å². The SMILES string of the molecule is CC(NC(=O)C=CC(=O)O)C1CCCCC1. The van der Waals surface area contributed by atoms with E-state index < -0.39 is 5.97 Å². The second-order valence-corrected chi connectivity index (χ2v) is 4.37. The van der Waals surface area contributed by atoms with E-state index in [4.69, 9.17) is 5.11 Å². The number of carboxylic acid groups (broad SMARTS) is 1. The normalized spacial score (nSPS) is 19.6. The number of carboxylic acids is 1. The van der Waals surface area contributed by atoms with E-state index in [1.807, 2.05) is 6.92 Å². The Morgan fingerprint density at radius 1 is 1.25 bits per heavy atom. The summed E-state index contributed by atoms with van der Waals surface area (Å²) in [6, 6.07) is 0.131. The Balaban J connectivity index is 2.34. The summed E-state index contributed by atoms with van der Waals surface area (Å²) in [6.07, 6.45) is 8.00. The van der Waals surface area contributed by atoms with Crippen molar-refractivity contribution in [3.63, 3.8) is 0 Å². The number of amides is 1. The van der Waals surface area contributed by atoms with Crippen molar-refractivity contribution in [2.45, 2.75) is 45.1 Å². The minimum atomic E-state index is -1.10. The topological polar surface area (TPSA) is 66.4 Å². The van der Waals surface area contributed by atoms with Gasteiger partial charge in [-0.05, 0) is 25.7 Å². The van der Waals surface area contributed by atoms with Crippen LogP contribution in [0.4, 0.5) is 0 Å². The molecule has 1 aliphatic carbocycles. The average molecular weight is 225 g/mol. The molecule has 4 heteroatoms. The highest BCUT2D eigenvalue weighted by Crippen LogP contribution is 2.26. The van der Waals surface area contributed by atoms with Crippen LogP contribution < -0.4 is 5.32 Å². The summed E-state index contributed by atoms with van der Waals surface area (Å²) >= 11 is 0. The largest absolute Gasteiger partial charge is 0.478 e. The molecule has 1 saturated carbocycles. The van der Waals surface area contributed by atoms with E-state index in [0.29, 0.717) is 5.92 Å². The van der Waals surface area contributed by atoms with Crippen LogP contribution in [0.3, 0.4) is 0 Å². The van der Waals surface area contributed by atoms with E-state index in [2.05, 4.69) is 5.32 Å². The minimum absolute atomic E-state index is 0.131. The molecule has 0 aromatic carbocycles. The smallest absolute Gasteiger partial charge is 0.328 e. The lowest BCUT2D eigenvalue weighted by Crippen LogP contribution is -2.38. The van der Waals surface area contributed by atoms with E-state index in [1.54, 1.807) is 0 Å². The molecule has 1 amide bonds. The Hall–Kier alpha value is -1.32. The molecule has 2 N–H and O–H groups in total.